The number of benzene rings is 2. The molecule has 0 radical (unpaired) electrons. The summed E-state index contributed by atoms with van der Waals surface area (Å²) < 4.78 is 6.53. The molecular formula is C23H26N3O3S+. The molecule has 0 bridgehead atoms. The van der Waals surface area contributed by atoms with Crippen molar-refractivity contribution in [2.45, 2.75) is 13.8 Å². The Morgan fingerprint density at radius 2 is 1.80 bits per heavy atom. The fourth-order valence-corrected chi connectivity index (χ4v) is 4.73. The predicted molar refractivity (Wildman–Crippen MR) is 119 cm³/mol. The molecule has 0 aliphatic carbocycles. The van der Waals surface area contributed by atoms with Crippen molar-refractivity contribution >= 4 is 38.4 Å². The van der Waals surface area contributed by atoms with Crippen molar-refractivity contribution in [2.24, 2.45) is 0 Å². The van der Waals surface area contributed by atoms with Crippen LogP contribution in [0.1, 0.15) is 33.2 Å². The minimum Gasteiger partial charge on any atom is -0.370 e. The van der Waals surface area contributed by atoms with Crippen LogP contribution in [0, 0.1) is 6.92 Å². The number of morpholine rings is 1. The van der Waals surface area contributed by atoms with Crippen molar-refractivity contribution in [3.05, 3.63) is 59.2 Å². The minimum absolute atomic E-state index is 0.0107. The SMILES string of the molecule is CC(=O)c1ccc(C(=O)N(CC[NH+]2CCOCC2)c2nc3c(C)cccc3s2)cc1. The Kier molecular flexibility index (Phi) is 6.22. The van der Waals surface area contributed by atoms with Gasteiger partial charge in [0.25, 0.3) is 5.91 Å². The maximum Gasteiger partial charge on any atom is 0.260 e. The highest BCUT2D eigenvalue weighted by Gasteiger charge is 2.24. The van der Waals surface area contributed by atoms with E-state index in [1.165, 1.54) is 11.8 Å². The first-order chi connectivity index (χ1) is 14.5. The summed E-state index contributed by atoms with van der Waals surface area (Å²) in [7, 11) is 0. The highest BCUT2D eigenvalue weighted by Crippen LogP contribution is 2.31. The van der Waals surface area contributed by atoms with E-state index in [0.717, 1.165) is 48.6 Å². The molecule has 30 heavy (non-hydrogen) atoms. The summed E-state index contributed by atoms with van der Waals surface area (Å²) in [4.78, 5) is 33.0. The molecule has 1 amide bonds. The molecule has 0 saturated carbocycles. The number of carbonyl (C=O) groups excluding carboxylic acids is 2. The zero-order valence-electron chi connectivity index (χ0n) is 17.3. The van der Waals surface area contributed by atoms with E-state index in [4.69, 9.17) is 9.72 Å². The van der Waals surface area contributed by atoms with Crippen molar-refractivity contribution in [3.8, 4) is 0 Å². The number of thiazole rings is 1. The number of aromatic nitrogens is 1. The molecule has 1 fully saturated rings. The fraction of sp³-hybridized carbons (Fsp3) is 0.348. The summed E-state index contributed by atoms with van der Waals surface area (Å²) in [6.07, 6.45) is 0. The van der Waals surface area contributed by atoms with E-state index in [-0.39, 0.29) is 11.7 Å². The normalized spacial score (nSPS) is 14.7. The molecular weight excluding hydrogens is 398 g/mol. The third-order valence-electron chi connectivity index (χ3n) is 5.51. The van der Waals surface area contributed by atoms with E-state index in [9.17, 15) is 9.59 Å². The van der Waals surface area contributed by atoms with Gasteiger partial charge >= 0.3 is 0 Å². The average molecular weight is 425 g/mol. The summed E-state index contributed by atoms with van der Waals surface area (Å²) in [5.74, 6) is -0.0992. The second-order valence-corrected chi connectivity index (χ2v) is 8.63. The van der Waals surface area contributed by atoms with Crippen LogP contribution in [0.25, 0.3) is 10.2 Å². The van der Waals surface area contributed by atoms with E-state index in [0.29, 0.717) is 22.8 Å². The topological polar surface area (TPSA) is 63.9 Å². The Labute approximate surface area is 180 Å². The smallest absolute Gasteiger partial charge is 0.260 e. The summed E-state index contributed by atoms with van der Waals surface area (Å²) in [5.41, 5.74) is 3.22. The number of ether oxygens (including phenoxy) is 1. The van der Waals surface area contributed by atoms with Crippen molar-refractivity contribution in [1.82, 2.24) is 4.98 Å². The molecule has 1 N–H and O–H groups in total. The van der Waals surface area contributed by atoms with Crippen molar-refractivity contribution in [3.63, 3.8) is 0 Å². The lowest BCUT2D eigenvalue weighted by atomic mass is 10.1. The van der Waals surface area contributed by atoms with Gasteiger partial charge in [0, 0.05) is 11.1 Å². The maximum absolute atomic E-state index is 13.4. The number of carbonyl (C=O) groups is 2. The molecule has 1 aliphatic rings. The van der Waals surface area contributed by atoms with E-state index in [1.807, 2.05) is 25.1 Å². The predicted octanol–water partition coefficient (Wildman–Crippen LogP) is 2.37. The second kappa shape index (κ2) is 9.04. The van der Waals surface area contributed by atoms with Gasteiger partial charge in [-0.05, 0) is 37.6 Å². The third-order valence-corrected chi connectivity index (χ3v) is 6.56. The van der Waals surface area contributed by atoms with Crippen LogP contribution in [0.2, 0.25) is 0 Å². The molecule has 1 saturated heterocycles. The molecule has 4 rings (SSSR count). The van der Waals surface area contributed by atoms with Crippen molar-refractivity contribution < 1.29 is 19.2 Å². The van der Waals surface area contributed by atoms with Gasteiger partial charge in [-0.1, -0.05) is 35.6 Å². The van der Waals surface area contributed by atoms with Gasteiger partial charge in [0.1, 0.15) is 13.1 Å². The number of hydrogen-bond acceptors (Lipinski definition) is 5. The Morgan fingerprint density at radius 3 is 2.47 bits per heavy atom. The molecule has 0 atom stereocenters. The van der Waals surface area contributed by atoms with Crippen LogP contribution in [0.15, 0.2) is 42.5 Å². The van der Waals surface area contributed by atoms with Crippen molar-refractivity contribution in [1.29, 1.82) is 0 Å². The zero-order chi connectivity index (χ0) is 21.1. The number of quaternary nitrogens is 1. The molecule has 0 unspecified atom stereocenters. The lowest BCUT2D eigenvalue weighted by Crippen LogP contribution is -3.14. The van der Waals surface area contributed by atoms with Crippen LogP contribution in [-0.2, 0) is 4.74 Å². The van der Waals surface area contributed by atoms with E-state index < -0.39 is 0 Å². The molecule has 156 valence electrons. The highest BCUT2D eigenvalue weighted by atomic mass is 32.1. The molecule has 2 heterocycles. The maximum atomic E-state index is 13.4. The molecule has 1 aromatic heterocycles. The monoisotopic (exact) mass is 424 g/mol. The molecule has 1 aliphatic heterocycles. The molecule has 0 spiro atoms. The Hall–Kier alpha value is -2.61. The van der Waals surface area contributed by atoms with Gasteiger partial charge in [0.05, 0.1) is 36.5 Å². The van der Waals surface area contributed by atoms with Crippen LogP contribution in [0.4, 0.5) is 5.13 Å². The first kappa shape index (κ1) is 20.7. The Morgan fingerprint density at radius 1 is 1.10 bits per heavy atom. The van der Waals surface area contributed by atoms with E-state index in [2.05, 4.69) is 0 Å². The average Bonchev–Trinajstić information content (AvgIpc) is 3.20. The van der Waals surface area contributed by atoms with Gasteiger partial charge in [0.2, 0.25) is 0 Å². The number of para-hydroxylation sites is 1. The van der Waals surface area contributed by atoms with Crippen LogP contribution in [0.5, 0.6) is 0 Å². The summed E-state index contributed by atoms with van der Waals surface area (Å²) >= 11 is 1.54. The van der Waals surface area contributed by atoms with Crippen LogP contribution >= 0.6 is 11.3 Å². The fourth-order valence-electron chi connectivity index (χ4n) is 3.66. The standard InChI is InChI=1S/C23H25N3O3S/c1-16-4-3-5-20-21(16)24-23(30-20)26(11-10-25-12-14-29-15-13-25)22(28)19-8-6-18(7-9-19)17(2)27/h3-9H,10-15H2,1-2H3/p+1. The Balaban J connectivity index is 1.63. The first-order valence-corrected chi connectivity index (χ1v) is 11.0. The second-order valence-electron chi connectivity index (χ2n) is 7.62. The zero-order valence-corrected chi connectivity index (χ0v) is 18.1. The Bertz CT molecular complexity index is 1060. The van der Waals surface area contributed by atoms with Crippen molar-refractivity contribution in [2.75, 3.05) is 44.3 Å². The highest BCUT2D eigenvalue weighted by molar-refractivity contribution is 7.22. The lowest BCUT2D eigenvalue weighted by molar-refractivity contribution is -0.906. The first-order valence-electron chi connectivity index (χ1n) is 10.2. The van der Waals surface area contributed by atoms with Gasteiger partial charge in [-0.25, -0.2) is 4.98 Å². The number of nitrogens with zero attached hydrogens (tertiary/aromatic N) is 2. The van der Waals surface area contributed by atoms with Crippen LogP contribution in [0.3, 0.4) is 0 Å². The lowest BCUT2D eigenvalue weighted by Gasteiger charge is -2.27. The van der Waals surface area contributed by atoms with Crippen LogP contribution < -0.4 is 9.80 Å². The molecule has 2 aromatic carbocycles. The number of anilines is 1. The molecule has 7 heteroatoms. The number of Topliss-reactive ketones (excluding diaryl/α,β-unsaturated/α-hetero) is 1. The van der Waals surface area contributed by atoms with E-state index >= 15 is 0 Å². The number of fused-ring (bicyclic) bond motifs is 1. The summed E-state index contributed by atoms with van der Waals surface area (Å²) in [5, 5.41) is 0.715. The van der Waals surface area contributed by atoms with Gasteiger partial charge in [-0.3, -0.25) is 14.5 Å². The van der Waals surface area contributed by atoms with Gasteiger partial charge in [-0.2, -0.15) is 0 Å². The largest absolute Gasteiger partial charge is 0.370 e. The summed E-state index contributed by atoms with van der Waals surface area (Å²) in [6.45, 7) is 8.42. The quantitative estimate of drug-likeness (QED) is 0.617. The van der Waals surface area contributed by atoms with Gasteiger partial charge in [-0.15, -0.1) is 0 Å². The number of aryl methyl sites for hydroxylation is 1. The number of rotatable bonds is 6. The van der Waals surface area contributed by atoms with Gasteiger partial charge < -0.3 is 9.64 Å². The number of ketones is 1. The van der Waals surface area contributed by atoms with E-state index in [1.54, 1.807) is 40.5 Å². The third kappa shape index (κ3) is 4.43. The minimum atomic E-state index is -0.0885. The summed E-state index contributed by atoms with van der Waals surface area (Å²) in [6, 6.07) is 13.0. The number of nitrogens with one attached hydrogen (secondary N) is 1. The number of hydrogen-bond donors (Lipinski definition) is 1. The van der Waals surface area contributed by atoms with Crippen LogP contribution in [-0.4, -0.2) is 56.1 Å². The molecule has 6 nitrogen and oxygen atoms in total. The number of amides is 1. The molecule has 3 aromatic rings. The van der Waals surface area contributed by atoms with Gasteiger partial charge in [0.15, 0.2) is 10.9 Å².